The van der Waals surface area contributed by atoms with Crippen LogP contribution in [0.15, 0.2) is 36.5 Å². The van der Waals surface area contributed by atoms with Crippen molar-refractivity contribution in [3.8, 4) is 5.88 Å². The molecule has 7 nitrogen and oxygen atoms in total. The first-order valence-corrected chi connectivity index (χ1v) is 8.50. The smallest absolute Gasteiger partial charge is 0.414 e. The second-order valence-electron chi connectivity index (χ2n) is 5.95. The third kappa shape index (κ3) is 4.05. The molecule has 1 saturated heterocycles. The fourth-order valence-corrected chi connectivity index (χ4v) is 2.65. The van der Waals surface area contributed by atoms with Crippen molar-refractivity contribution in [1.82, 2.24) is 4.98 Å². The quantitative estimate of drug-likeness (QED) is 0.861. The van der Waals surface area contributed by atoms with Crippen molar-refractivity contribution in [2.75, 3.05) is 23.4 Å². The number of rotatable bonds is 5. The Morgan fingerprint density at radius 1 is 1.38 bits per heavy atom. The summed E-state index contributed by atoms with van der Waals surface area (Å²) in [5, 5.41) is 3.03. The van der Waals surface area contributed by atoms with E-state index in [-0.39, 0.29) is 22.9 Å². The lowest BCUT2D eigenvalue weighted by Gasteiger charge is -2.14. The van der Waals surface area contributed by atoms with E-state index in [0.29, 0.717) is 30.1 Å². The normalized spacial score (nSPS) is 13.7. The molecule has 0 spiro atoms. The maximum atomic E-state index is 12.4. The van der Waals surface area contributed by atoms with Crippen LogP contribution in [0, 0.1) is 0 Å². The van der Waals surface area contributed by atoms with E-state index in [4.69, 9.17) is 21.1 Å². The molecule has 2 heterocycles. The van der Waals surface area contributed by atoms with Gasteiger partial charge in [0.1, 0.15) is 11.6 Å². The predicted molar refractivity (Wildman–Crippen MR) is 98.1 cm³/mol. The first kappa shape index (κ1) is 18.0. The first-order chi connectivity index (χ1) is 12.4. The topological polar surface area (TPSA) is 80.8 Å². The Morgan fingerprint density at radius 3 is 2.85 bits per heavy atom. The Bertz CT molecular complexity index is 841. The van der Waals surface area contributed by atoms with Crippen LogP contribution in [0.3, 0.4) is 0 Å². The van der Waals surface area contributed by atoms with Gasteiger partial charge in [-0.15, -0.1) is 0 Å². The molecule has 0 bridgehead atoms. The van der Waals surface area contributed by atoms with Crippen molar-refractivity contribution >= 4 is 35.0 Å². The number of benzene rings is 1. The SMILES string of the molecule is CC(C)Oc1ncc(C(=O)Nc2cccc(N3CCOC3=O)c2)cc1Cl. The molecule has 1 aliphatic rings. The summed E-state index contributed by atoms with van der Waals surface area (Å²) in [6.07, 6.45) is 0.936. The van der Waals surface area contributed by atoms with E-state index in [1.54, 1.807) is 24.3 Å². The summed E-state index contributed by atoms with van der Waals surface area (Å²) in [5.74, 6) is -0.0793. The number of cyclic esters (lactones) is 1. The molecule has 2 amide bonds. The molecule has 0 atom stereocenters. The summed E-state index contributed by atoms with van der Waals surface area (Å²) in [5.41, 5.74) is 1.50. The van der Waals surface area contributed by atoms with E-state index < -0.39 is 6.09 Å². The second kappa shape index (κ2) is 7.61. The number of amides is 2. The van der Waals surface area contributed by atoms with Gasteiger partial charge in [-0.2, -0.15) is 0 Å². The number of aromatic nitrogens is 1. The van der Waals surface area contributed by atoms with Gasteiger partial charge < -0.3 is 14.8 Å². The van der Waals surface area contributed by atoms with E-state index in [1.807, 2.05) is 13.8 Å². The third-order valence-electron chi connectivity index (χ3n) is 3.59. The maximum absolute atomic E-state index is 12.4. The van der Waals surface area contributed by atoms with Crippen LogP contribution >= 0.6 is 11.6 Å². The van der Waals surface area contributed by atoms with Crippen molar-refractivity contribution in [3.63, 3.8) is 0 Å². The van der Waals surface area contributed by atoms with Crippen LogP contribution in [-0.4, -0.2) is 36.2 Å². The number of nitrogens with zero attached hydrogens (tertiary/aromatic N) is 2. The monoisotopic (exact) mass is 375 g/mol. The zero-order chi connectivity index (χ0) is 18.7. The number of carbonyl (C=O) groups is 2. The minimum absolute atomic E-state index is 0.0697. The lowest BCUT2D eigenvalue weighted by Crippen LogP contribution is -2.23. The van der Waals surface area contributed by atoms with Crippen molar-refractivity contribution < 1.29 is 19.1 Å². The molecule has 8 heteroatoms. The van der Waals surface area contributed by atoms with Crippen molar-refractivity contribution in [2.45, 2.75) is 20.0 Å². The summed E-state index contributed by atoms with van der Waals surface area (Å²) < 4.78 is 10.4. The van der Waals surface area contributed by atoms with Crippen molar-refractivity contribution in [1.29, 1.82) is 0 Å². The Labute approximate surface area is 155 Å². The molecule has 1 aromatic heterocycles. The highest BCUT2D eigenvalue weighted by Gasteiger charge is 2.23. The average Bonchev–Trinajstić information content (AvgIpc) is 3.02. The minimum Gasteiger partial charge on any atom is -0.474 e. The van der Waals surface area contributed by atoms with Gasteiger partial charge in [-0.3, -0.25) is 9.69 Å². The highest BCUT2D eigenvalue weighted by molar-refractivity contribution is 6.32. The number of hydrogen-bond acceptors (Lipinski definition) is 5. The summed E-state index contributed by atoms with van der Waals surface area (Å²) in [4.78, 5) is 29.7. The fraction of sp³-hybridized carbons (Fsp3) is 0.278. The van der Waals surface area contributed by atoms with Crippen molar-refractivity contribution in [2.24, 2.45) is 0 Å². The van der Waals surface area contributed by atoms with Crippen LogP contribution < -0.4 is 15.0 Å². The zero-order valence-corrected chi connectivity index (χ0v) is 15.1. The average molecular weight is 376 g/mol. The van der Waals surface area contributed by atoms with Crippen LogP contribution in [0.4, 0.5) is 16.2 Å². The molecular weight excluding hydrogens is 358 g/mol. The summed E-state index contributed by atoms with van der Waals surface area (Å²) in [7, 11) is 0. The van der Waals surface area contributed by atoms with Crippen LogP contribution in [0.1, 0.15) is 24.2 Å². The number of ether oxygens (including phenoxy) is 2. The van der Waals surface area contributed by atoms with Crippen molar-refractivity contribution in [3.05, 3.63) is 47.1 Å². The Kier molecular flexibility index (Phi) is 5.27. The van der Waals surface area contributed by atoms with Crippen LogP contribution in [0.5, 0.6) is 5.88 Å². The number of carbonyl (C=O) groups excluding carboxylic acids is 2. The minimum atomic E-state index is -0.398. The maximum Gasteiger partial charge on any atom is 0.414 e. The predicted octanol–water partition coefficient (Wildman–Crippen LogP) is 3.73. The molecule has 1 aromatic carbocycles. The molecule has 2 aromatic rings. The molecule has 136 valence electrons. The van der Waals surface area contributed by atoms with E-state index >= 15 is 0 Å². The molecule has 3 rings (SSSR count). The lowest BCUT2D eigenvalue weighted by molar-refractivity contribution is 0.102. The lowest BCUT2D eigenvalue weighted by atomic mass is 10.2. The van der Waals surface area contributed by atoms with Crippen LogP contribution in [0.2, 0.25) is 5.02 Å². The second-order valence-corrected chi connectivity index (χ2v) is 6.36. The van der Waals surface area contributed by atoms with Gasteiger partial charge in [0.25, 0.3) is 5.91 Å². The Morgan fingerprint density at radius 2 is 2.19 bits per heavy atom. The summed E-state index contributed by atoms with van der Waals surface area (Å²) in [6.45, 7) is 4.56. The van der Waals surface area contributed by atoms with E-state index in [2.05, 4.69) is 10.3 Å². The summed E-state index contributed by atoms with van der Waals surface area (Å²) >= 11 is 6.12. The van der Waals surface area contributed by atoms with Gasteiger partial charge in [0.05, 0.1) is 18.2 Å². The highest BCUT2D eigenvalue weighted by atomic mass is 35.5. The number of halogens is 1. The summed E-state index contributed by atoms with van der Waals surface area (Å²) in [6, 6.07) is 8.47. The van der Waals surface area contributed by atoms with Crippen LogP contribution in [-0.2, 0) is 4.74 Å². The standard InChI is InChI=1S/C18H18ClN3O4/c1-11(2)26-17-15(19)8-12(10-20-17)16(23)21-13-4-3-5-14(9-13)22-6-7-25-18(22)24/h3-5,8-11H,6-7H2,1-2H3,(H,21,23). The van der Waals surface area contributed by atoms with Gasteiger partial charge in [0, 0.05) is 17.6 Å². The number of pyridine rings is 1. The van der Waals surface area contributed by atoms with Gasteiger partial charge in [-0.1, -0.05) is 17.7 Å². The number of nitrogens with one attached hydrogen (secondary N) is 1. The molecule has 0 aliphatic carbocycles. The number of hydrogen-bond donors (Lipinski definition) is 1. The molecule has 1 aliphatic heterocycles. The first-order valence-electron chi connectivity index (χ1n) is 8.12. The molecular formula is C18H18ClN3O4. The highest BCUT2D eigenvalue weighted by Crippen LogP contribution is 2.25. The largest absolute Gasteiger partial charge is 0.474 e. The molecule has 0 saturated carbocycles. The Balaban J connectivity index is 1.74. The molecule has 0 radical (unpaired) electrons. The van der Waals surface area contributed by atoms with E-state index in [1.165, 1.54) is 17.2 Å². The van der Waals surface area contributed by atoms with Gasteiger partial charge in [-0.25, -0.2) is 9.78 Å². The molecule has 1 N–H and O–H groups in total. The number of anilines is 2. The molecule has 26 heavy (non-hydrogen) atoms. The molecule has 1 fully saturated rings. The van der Waals surface area contributed by atoms with E-state index in [9.17, 15) is 9.59 Å². The van der Waals surface area contributed by atoms with Gasteiger partial charge in [0.2, 0.25) is 5.88 Å². The van der Waals surface area contributed by atoms with E-state index in [0.717, 1.165) is 0 Å². The molecule has 0 unspecified atom stereocenters. The van der Waals surface area contributed by atoms with Crippen LogP contribution in [0.25, 0.3) is 0 Å². The zero-order valence-electron chi connectivity index (χ0n) is 14.4. The fourth-order valence-electron chi connectivity index (χ4n) is 2.44. The Hall–Kier alpha value is -2.80. The van der Waals surface area contributed by atoms with Gasteiger partial charge in [0.15, 0.2) is 0 Å². The third-order valence-corrected chi connectivity index (χ3v) is 3.86. The van der Waals surface area contributed by atoms with Gasteiger partial charge >= 0.3 is 6.09 Å². The van der Waals surface area contributed by atoms with Gasteiger partial charge in [-0.05, 0) is 38.1 Å².